The first-order valence-corrected chi connectivity index (χ1v) is 9.51. The molecule has 27 heavy (non-hydrogen) atoms. The van der Waals surface area contributed by atoms with E-state index in [1.165, 1.54) is 26.2 Å². The van der Waals surface area contributed by atoms with E-state index in [9.17, 15) is 23.3 Å². The lowest BCUT2D eigenvalue weighted by Crippen LogP contribution is -2.41. The molecule has 1 aliphatic heterocycles. The number of nitrogens with zero attached hydrogens (tertiary/aromatic N) is 3. The van der Waals surface area contributed by atoms with Gasteiger partial charge in [-0.3, -0.25) is 19.8 Å². The number of hydrogen-bond donors (Lipinski definition) is 1. The lowest BCUT2D eigenvalue weighted by atomic mass is 10.1. The van der Waals surface area contributed by atoms with Gasteiger partial charge in [-0.25, -0.2) is 13.1 Å². The highest BCUT2D eigenvalue weighted by molar-refractivity contribution is 7.89. The molecule has 0 saturated carbocycles. The minimum absolute atomic E-state index is 0. The number of nitrogens with one attached hydrogen (secondary N) is 1. The summed E-state index contributed by atoms with van der Waals surface area (Å²) < 4.78 is 32.9. The van der Waals surface area contributed by atoms with Gasteiger partial charge < -0.3 is 9.64 Å². The van der Waals surface area contributed by atoms with Crippen LogP contribution in [-0.4, -0.2) is 82.5 Å². The normalized spacial score (nSPS) is 15.0. The van der Waals surface area contributed by atoms with Crippen molar-refractivity contribution in [2.45, 2.75) is 4.90 Å². The first-order chi connectivity index (χ1) is 12.2. The van der Waals surface area contributed by atoms with Gasteiger partial charge in [0.25, 0.3) is 11.6 Å². The Bertz CT molecular complexity index is 781. The Labute approximate surface area is 164 Å². The number of nitro benzene ring substituents is 1. The van der Waals surface area contributed by atoms with Crippen LogP contribution >= 0.6 is 12.4 Å². The number of rotatable bonds is 7. The van der Waals surface area contributed by atoms with Crippen LogP contribution in [0.3, 0.4) is 0 Å². The molecule has 0 unspecified atom stereocenters. The first kappa shape index (κ1) is 23.2. The van der Waals surface area contributed by atoms with Gasteiger partial charge in [0, 0.05) is 46.3 Å². The van der Waals surface area contributed by atoms with Crippen molar-refractivity contribution in [1.29, 1.82) is 0 Å². The van der Waals surface area contributed by atoms with E-state index < -0.39 is 37.0 Å². The molecule has 1 heterocycles. The molecular weight excluding hydrogens is 400 g/mol. The number of carbonyl (C=O) groups excluding carboxylic acids is 1. The summed E-state index contributed by atoms with van der Waals surface area (Å²) in [4.78, 5) is 25.6. The SMILES string of the molecule is CN(C)C(=O)c1c([N+](=O)[O-])cccc1S(=O)(=O)NCCN1CCOCC1.Cl. The molecule has 10 nitrogen and oxygen atoms in total. The summed E-state index contributed by atoms with van der Waals surface area (Å²) >= 11 is 0. The molecule has 12 heteroatoms. The maximum absolute atomic E-state index is 12.6. The van der Waals surface area contributed by atoms with Gasteiger partial charge in [0.1, 0.15) is 10.5 Å². The number of nitro groups is 1. The summed E-state index contributed by atoms with van der Waals surface area (Å²) in [6, 6.07) is 3.56. The third-order valence-electron chi connectivity index (χ3n) is 3.93. The van der Waals surface area contributed by atoms with Crippen molar-refractivity contribution < 1.29 is 22.9 Å². The fourth-order valence-corrected chi connectivity index (χ4v) is 3.81. The summed E-state index contributed by atoms with van der Waals surface area (Å²) in [5.74, 6) is -0.745. The number of sulfonamides is 1. The fourth-order valence-electron chi connectivity index (χ4n) is 2.57. The van der Waals surface area contributed by atoms with Gasteiger partial charge in [0.05, 0.1) is 18.1 Å². The van der Waals surface area contributed by atoms with Crippen LogP contribution < -0.4 is 4.72 Å². The number of benzene rings is 1. The van der Waals surface area contributed by atoms with Crippen LogP contribution in [-0.2, 0) is 14.8 Å². The zero-order valence-corrected chi connectivity index (χ0v) is 16.7. The van der Waals surface area contributed by atoms with E-state index in [2.05, 4.69) is 4.72 Å². The second-order valence-electron chi connectivity index (χ2n) is 5.96. The number of amides is 1. The highest BCUT2D eigenvalue weighted by atomic mass is 35.5. The minimum atomic E-state index is -4.09. The smallest absolute Gasteiger partial charge is 0.283 e. The molecule has 1 fully saturated rings. The maximum atomic E-state index is 12.6. The van der Waals surface area contributed by atoms with E-state index in [0.717, 1.165) is 11.0 Å². The average molecular weight is 423 g/mol. The van der Waals surface area contributed by atoms with Gasteiger partial charge in [0.2, 0.25) is 10.0 Å². The van der Waals surface area contributed by atoms with E-state index >= 15 is 0 Å². The molecule has 1 aromatic rings. The molecule has 0 bridgehead atoms. The Balaban J connectivity index is 0.00000364. The molecular formula is C15H23ClN4O6S. The molecule has 0 radical (unpaired) electrons. The Morgan fingerprint density at radius 1 is 1.33 bits per heavy atom. The van der Waals surface area contributed by atoms with Crippen LogP contribution in [0, 0.1) is 10.1 Å². The minimum Gasteiger partial charge on any atom is -0.379 e. The first-order valence-electron chi connectivity index (χ1n) is 8.03. The van der Waals surface area contributed by atoms with Gasteiger partial charge in [0.15, 0.2) is 0 Å². The molecule has 1 aliphatic rings. The van der Waals surface area contributed by atoms with Crippen LogP contribution in [0.2, 0.25) is 0 Å². The molecule has 0 atom stereocenters. The number of morpholine rings is 1. The van der Waals surface area contributed by atoms with Crippen molar-refractivity contribution in [3.05, 3.63) is 33.9 Å². The molecule has 0 aliphatic carbocycles. The van der Waals surface area contributed by atoms with E-state index in [1.807, 2.05) is 4.90 Å². The lowest BCUT2D eigenvalue weighted by molar-refractivity contribution is -0.385. The van der Waals surface area contributed by atoms with Crippen LogP contribution in [0.25, 0.3) is 0 Å². The number of hydrogen-bond acceptors (Lipinski definition) is 7. The van der Waals surface area contributed by atoms with Gasteiger partial charge in [-0.15, -0.1) is 12.4 Å². The van der Waals surface area contributed by atoms with Crippen molar-refractivity contribution in [2.75, 3.05) is 53.5 Å². The number of halogens is 1. The van der Waals surface area contributed by atoms with Crippen LogP contribution in [0.5, 0.6) is 0 Å². The van der Waals surface area contributed by atoms with Crippen molar-refractivity contribution >= 4 is 34.0 Å². The Morgan fingerprint density at radius 2 is 1.96 bits per heavy atom. The quantitative estimate of drug-likeness (QED) is 0.496. The number of carbonyl (C=O) groups is 1. The molecule has 152 valence electrons. The third-order valence-corrected chi connectivity index (χ3v) is 5.44. The summed E-state index contributed by atoms with van der Waals surface area (Å²) in [5.41, 5.74) is -0.985. The number of ether oxygens (including phenoxy) is 1. The van der Waals surface area contributed by atoms with Crippen molar-refractivity contribution in [2.24, 2.45) is 0 Å². The van der Waals surface area contributed by atoms with Gasteiger partial charge in [-0.2, -0.15) is 0 Å². The Morgan fingerprint density at radius 3 is 2.52 bits per heavy atom. The zero-order chi connectivity index (χ0) is 19.3. The highest BCUT2D eigenvalue weighted by Crippen LogP contribution is 2.26. The van der Waals surface area contributed by atoms with Gasteiger partial charge >= 0.3 is 0 Å². The third kappa shape index (κ3) is 5.84. The summed E-state index contributed by atoms with van der Waals surface area (Å²) in [6.07, 6.45) is 0. The van der Waals surface area contributed by atoms with Crippen LogP contribution in [0.15, 0.2) is 23.1 Å². The largest absolute Gasteiger partial charge is 0.379 e. The molecule has 1 N–H and O–H groups in total. The van der Waals surface area contributed by atoms with Gasteiger partial charge in [-0.1, -0.05) is 6.07 Å². The average Bonchev–Trinajstić information content (AvgIpc) is 2.61. The highest BCUT2D eigenvalue weighted by Gasteiger charge is 2.31. The van der Waals surface area contributed by atoms with Crippen molar-refractivity contribution in [1.82, 2.24) is 14.5 Å². The standard InChI is InChI=1S/C15H22N4O6S.ClH/c1-17(2)15(20)14-12(19(21)22)4-3-5-13(14)26(23,24)16-6-7-18-8-10-25-11-9-18;/h3-5,16H,6-11H2,1-2H3;1H. The maximum Gasteiger partial charge on any atom is 0.283 e. The van der Waals surface area contributed by atoms with Crippen LogP contribution in [0.4, 0.5) is 5.69 Å². The predicted octanol–water partition coefficient (Wildman–Crippen LogP) is 0.329. The Hall–Kier alpha value is -1.79. The Kier molecular flexibility index (Phi) is 8.57. The molecule has 0 spiro atoms. The fraction of sp³-hybridized carbons (Fsp3) is 0.533. The van der Waals surface area contributed by atoms with Crippen molar-refractivity contribution in [3.8, 4) is 0 Å². The van der Waals surface area contributed by atoms with Crippen LogP contribution in [0.1, 0.15) is 10.4 Å². The topological polar surface area (TPSA) is 122 Å². The van der Waals surface area contributed by atoms with Gasteiger partial charge in [-0.05, 0) is 6.07 Å². The molecule has 1 saturated heterocycles. The van der Waals surface area contributed by atoms with E-state index in [4.69, 9.17) is 4.74 Å². The molecule has 2 rings (SSSR count). The zero-order valence-electron chi connectivity index (χ0n) is 15.1. The van der Waals surface area contributed by atoms with E-state index in [-0.39, 0.29) is 19.0 Å². The van der Waals surface area contributed by atoms with Crippen molar-refractivity contribution in [3.63, 3.8) is 0 Å². The second kappa shape index (κ2) is 9.95. The molecule has 1 aromatic carbocycles. The lowest BCUT2D eigenvalue weighted by Gasteiger charge is -2.26. The van der Waals surface area contributed by atoms with E-state index in [1.54, 1.807) is 0 Å². The monoisotopic (exact) mass is 422 g/mol. The van der Waals surface area contributed by atoms with E-state index in [0.29, 0.717) is 32.8 Å². The summed E-state index contributed by atoms with van der Waals surface area (Å²) in [7, 11) is -1.28. The molecule has 0 aromatic heterocycles. The predicted molar refractivity (Wildman–Crippen MR) is 101 cm³/mol. The second-order valence-corrected chi connectivity index (χ2v) is 7.69. The summed E-state index contributed by atoms with van der Waals surface area (Å²) in [6.45, 7) is 3.22. The summed E-state index contributed by atoms with van der Waals surface area (Å²) in [5, 5.41) is 11.2. The molecule has 1 amide bonds.